The summed E-state index contributed by atoms with van der Waals surface area (Å²) in [6, 6.07) is 6.59. The molecule has 0 saturated carbocycles. The van der Waals surface area contributed by atoms with Gasteiger partial charge in [-0.3, -0.25) is 9.59 Å². The van der Waals surface area contributed by atoms with E-state index in [2.05, 4.69) is 5.32 Å². The van der Waals surface area contributed by atoms with Gasteiger partial charge in [-0.1, -0.05) is 24.6 Å². The van der Waals surface area contributed by atoms with Crippen LogP contribution in [0.2, 0.25) is 5.02 Å². The molecule has 2 atom stereocenters. The van der Waals surface area contributed by atoms with Crippen LogP contribution < -0.4 is 11.1 Å². The minimum atomic E-state index is -0.320. The Kier molecular flexibility index (Phi) is 8.32. The number of hydrogen-bond donors (Lipinski definition) is 2. The van der Waals surface area contributed by atoms with Crippen molar-refractivity contribution in [2.24, 2.45) is 11.7 Å². The molecule has 0 fully saturated rings. The molecule has 7 heteroatoms. The topological polar surface area (TPSA) is 75.4 Å². The van der Waals surface area contributed by atoms with Crippen LogP contribution in [-0.4, -0.2) is 36.3 Å². The van der Waals surface area contributed by atoms with Gasteiger partial charge in [0.2, 0.25) is 11.8 Å². The van der Waals surface area contributed by atoms with E-state index in [4.69, 9.17) is 17.3 Å². The third-order valence-corrected chi connectivity index (χ3v) is 3.28. The van der Waals surface area contributed by atoms with Crippen LogP contribution in [0.1, 0.15) is 13.8 Å². The van der Waals surface area contributed by atoms with E-state index in [0.717, 1.165) is 0 Å². The highest BCUT2D eigenvalue weighted by molar-refractivity contribution is 6.30. The van der Waals surface area contributed by atoms with Crippen LogP contribution in [0, 0.1) is 5.92 Å². The standard InChI is InChI=1S/C14H20ClN3O2.ClH/c1-9(10(2)16)14(20)18(3)8-13(19)17-12-6-4-5-11(15)7-12;/h4-7,9-10H,8,16H2,1-3H3,(H,17,19);1H. The number of nitrogens with one attached hydrogen (secondary N) is 1. The molecular weight excluding hydrogens is 313 g/mol. The van der Waals surface area contributed by atoms with E-state index in [1.54, 1.807) is 45.2 Å². The number of anilines is 1. The number of carbonyl (C=O) groups excluding carboxylic acids is 2. The van der Waals surface area contributed by atoms with Crippen LogP contribution in [-0.2, 0) is 9.59 Å². The molecule has 0 heterocycles. The number of likely N-dealkylation sites (N-methyl/N-ethyl adjacent to an activating group) is 1. The number of amides is 2. The van der Waals surface area contributed by atoms with Gasteiger partial charge >= 0.3 is 0 Å². The summed E-state index contributed by atoms with van der Waals surface area (Å²) in [5.41, 5.74) is 6.28. The van der Waals surface area contributed by atoms with Gasteiger partial charge in [0.15, 0.2) is 0 Å². The first-order chi connectivity index (χ1) is 9.31. The maximum atomic E-state index is 12.0. The number of halogens is 2. The average Bonchev–Trinajstić information content (AvgIpc) is 2.36. The molecule has 1 aromatic carbocycles. The predicted octanol–water partition coefficient (Wildman–Crippen LogP) is 2.14. The lowest BCUT2D eigenvalue weighted by Crippen LogP contribution is -2.42. The van der Waals surface area contributed by atoms with E-state index in [-0.39, 0.29) is 42.7 Å². The number of nitrogens with two attached hydrogens (primary N) is 1. The van der Waals surface area contributed by atoms with Crippen molar-refractivity contribution in [3.63, 3.8) is 0 Å². The molecule has 2 amide bonds. The van der Waals surface area contributed by atoms with Crippen molar-refractivity contribution >= 4 is 41.5 Å². The molecule has 0 spiro atoms. The lowest BCUT2D eigenvalue weighted by molar-refractivity contribution is -0.136. The summed E-state index contributed by atoms with van der Waals surface area (Å²) in [7, 11) is 1.58. The average molecular weight is 334 g/mol. The summed E-state index contributed by atoms with van der Waals surface area (Å²) < 4.78 is 0. The third kappa shape index (κ3) is 6.33. The molecule has 0 aromatic heterocycles. The second-order valence-corrected chi connectivity index (χ2v) is 5.34. The molecule has 1 aromatic rings. The van der Waals surface area contributed by atoms with Crippen molar-refractivity contribution in [3.05, 3.63) is 29.3 Å². The van der Waals surface area contributed by atoms with Gasteiger partial charge in [0, 0.05) is 23.8 Å². The number of nitrogens with zero attached hydrogens (tertiary/aromatic N) is 1. The second kappa shape index (κ2) is 8.87. The molecule has 0 bridgehead atoms. The monoisotopic (exact) mass is 333 g/mol. The minimum absolute atomic E-state index is 0. The molecule has 0 aliphatic heterocycles. The maximum Gasteiger partial charge on any atom is 0.243 e. The third-order valence-electron chi connectivity index (χ3n) is 3.04. The van der Waals surface area contributed by atoms with Crippen molar-refractivity contribution in [2.75, 3.05) is 18.9 Å². The first kappa shape index (κ1) is 19.7. The second-order valence-electron chi connectivity index (χ2n) is 4.90. The fraction of sp³-hybridized carbons (Fsp3) is 0.429. The Bertz CT molecular complexity index is 495. The minimum Gasteiger partial charge on any atom is -0.336 e. The largest absolute Gasteiger partial charge is 0.336 e. The van der Waals surface area contributed by atoms with Crippen LogP contribution in [0.25, 0.3) is 0 Å². The molecule has 1 rings (SSSR count). The molecule has 0 saturated heterocycles. The maximum absolute atomic E-state index is 12.0. The van der Waals surface area contributed by atoms with E-state index in [1.165, 1.54) is 4.90 Å². The number of hydrogen-bond acceptors (Lipinski definition) is 3. The molecule has 3 N–H and O–H groups in total. The van der Waals surface area contributed by atoms with Gasteiger partial charge in [-0.2, -0.15) is 0 Å². The van der Waals surface area contributed by atoms with Crippen LogP contribution in [0.4, 0.5) is 5.69 Å². The first-order valence-electron chi connectivity index (χ1n) is 6.37. The van der Waals surface area contributed by atoms with Crippen LogP contribution >= 0.6 is 24.0 Å². The van der Waals surface area contributed by atoms with Crippen molar-refractivity contribution in [1.29, 1.82) is 0 Å². The zero-order valence-electron chi connectivity index (χ0n) is 12.3. The molecule has 0 aliphatic rings. The Morgan fingerprint density at radius 2 is 2.00 bits per heavy atom. The molecule has 21 heavy (non-hydrogen) atoms. The Balaban J connectivity index is 0.00000400. The zero-order valence-corrected chi connectivity index (χ0v) is 13.9. The van der Waals surface area contributed by atoms with E-state index in [9.17, 15) is 9.59 Å². The smallest absolute Gasteiger partial charge is 0.243 e. The Morgan fingerprint density at radius 1 is 1.38 bits per heavy atom. The van der Waals surface area contributed by atoms with Gasteiger partial charge in [-0.15, -0.1) is 12.4 Å². The lowest BCUT2D eigenvalue weighted by Gasteiger charge is -2.23. The van der Waals surface area contributed by atoms with Crippen LogP contribution in [0.3, 0.4) is 0 Å². The molecule has 0 radical (unpaired) electrons. The van der Waals surface area contributed by atoms with E-state index in [1.807, 2.05) is 0 Å². The van der Waals surface area contributed by atoms with E-state index < -0.39 is 0 Å². The molecular formula is C14H21Cl2N3O2. The SMILES string of the molecule is CC(N)C(C)C(=O)N(C)CC(=O)Nc1cccc(Cl)c1.Cl. The van der Waals surface area contributed by atoms with Gasteiger partial charge in [0.25, 0.3) is 0 Å². The first-order valence-corrected chi connectivity index (χ1v) is 6.75. The van der Waals surface area contributed by atoms with Gasteiger partial charge in [-0.05, 0) is 25.1 Å². The molecule has 0 aliphatic carbocycles. The highest BCUT2D eigenvalue weighted by Crippen LogP contribution is 2.14. The van der Waals surface area contributed by atoms with E-state index >= 15 is 0 Å². The van der Waals surface area contributed by atoms with Gasteiger partial charge in [-0.25, -0.2) is 0 Å². The fourth-order valence-electron chi connectivity index (χ4n) is 1.63. The van der Waals surface area contributed by atoms with Gasteiger partial charge < -0.3 is 16.0 Å². The molecule has 2 unspecified atom stereocenters. The summed E-state index contributed by atoms with van der Waals surface area (Å²) in [6.45, 7) is 3.49. The van der Waals surface area contributed by atoms with Gasteiger partial charge in [0.05, 0.1) is 12.5 Å². The summed E-state index contributed by atoms with van der Waals surface area (Å²) in [6.07, 6.45) is 0. The Hall–Kier alpha value is -1.30. The number of benzene rings is 1. The Morgan fingerprint density at radius 3 is 2.52 bits per heavy atom. The van der Waals surface area contributed by atoms with Crippen molar-refractivity contribution in [3.8, 4) is 0 Å². The summed E-state index contributed by atoms with van der Waals surface area (Å²) in [5, 5.41) is 3.23. The Labute approximate surface area is 136 Å². The predicted molar refractivity (Wildman–Crippen MR) is 87.8 cm³/mol. The molecule has 5 nitrogen and oxygen atoms in total. The zero-order chi connectivity index (χ0) is 15.3. The normalized spacial score (nSPS) is 12.8. The van der Waals surface area contributed by atoms with Crippen molar-refractivity contribution in [1.82, 2.24) is 4.90 Å². The summed E-state index contributed by atoms with van der Waals surface area (Å²) >= 11 is 5.83. The van der Waals surface area contributed by atoms with E-state index in [0.29, 0.717) is 10.7 Å². The van der Waals surface area contributed by atoms with Crippen molar-refractivity contribution < 1.29 is 9.59 Å². The lowest BCUT2D eigenvalue weighted by atomic mass is 10.0. The highest BCUT2D eigenvalue weighted by Gasteiger charge is 2.22. The number of carbonyl (C=O) groups is 2. The summed E-state index contributed by atoms with van der Waals surface area (Å²) in [4.78, 5) is 25.2. The fourth-order valence-corrected chi connectivity index (χ4v) is 1.82. The molecule has 118 valence electrons. The van der Waals surface area contributed by atoms with Gasteiger partial charge in [0.1, 0.15) is 0 Å². The van der Waals surface area contributed by atoms with Crippen LogP contribution in [0.5, 0.6) is 0 Å². The van der Waals surface area contributed by atoms with Crippen molar-refractivity contribution in [2.45, 2.75) is 19.9 Å². The number of rotatable bonds is 5. The summed E-state index contributed by atoms with van der Waals surface area (Å²) in [5.74, 6) is -0.750. The highest BCUT2D eigenvalue weighted by atomic mass is 35.5. The van der Waals surface area contributed by atoms with Crippen LogP contribution in [0.15, 0.2) is 24.3 Å². The quantitative estimate of drug-likeness (QED) is 0.866.